The number of benzene rings is 1. The summed E-state index contributed by atoms with van der Waals surface area (Å²) in [6.45, 7) is 1.53. The number of carbonyl (C=O) groups is 2. The molecule has 3 amide bonds. The number of halogens is 5. The van der Waals surface area contributed by atoms with Crippen LogP contribution in [0.3, 0.4) is 0 Å². The van der Waals surface area contributed by atoms with Gasteiger partial charge in [-0.05, 0) is 18.6 Å². The molecule has 1 aromatic rings. The number of nitrogens with one attached hydrogen (secondary N) is 1. The number of piperidine rings is 1. The average molecular weight is 460 g/mol. The van der Waals surface area contributed by atoms with Crippen LogP contribution in [0, 0.1) is 23.6 Å². The molecule has 1 unspecified atom stereocenters. The number of nitrogens with zero attached hydrogens (tertiary/aromatic N) is 2. The van der Waals surface area contributed by atoms with Crippen LogP contribution in [0.1, 0.15) is 17.5 Å². The molecule has 3 fully saturated rings. The van der Waals surface area contributed by atoms with Gasteiger partial charge in [0.25, 0.3) is 0 Å². The van der Waals surface area contributed by atoms with Crippen molar-refractivity contribution in [1.82, 2.24) is 15.1 Å². The molecule has 166 valence electrons. The third kappa shape index (κ3) is 4.57. The topological polar surface area (TPSA) is 61.9 Å². The molecule has 3 aliphatic heterocycles. The van der Waals surface area contributed by atoms with Gasteiger partial charge in [0.15, 0.2) is 0 Å². The highest BCUT2D eigenvalue weighted by atomic mass is 35.5. The smallest absolute Gasteiger partial charge is 0.366 e. The van der Waals surface area contributed by atoms with Crippen LogP contribution >= 0.6 is 11.6 Å². The minimum atomic E-state index is -4.70. The zero-order chi connectivity index (χ0) is 22.3. The Morgan fingerprint density at radius 2 is 1.97 bits per heavy atom. The summed E-state index contributed by atoms with van der Waals surface area (Å²) >= 11 is 5.78. The summed E-state index contributed by atoms with van der Waals surface area (Å²) in [4.78, 5) is 27.4. The number of morpholine rings is 1. The Morgan fingerprint density at radius 3 is 2.65 bits per heavy atom. The first-order chi connectivity index (χ1) is 14.6. The van der Waals surface area contributed by atoms with Crippen molar-refractivity contribution in [2.75, 3.05) is 32.8 Å². The molecule has 0 aromatic heterocycles. The van der Waals surface area contributed by atoms with E-state index >= 15 is 0 Å². The van der Waals surface area contributed by atoms with Crippen LogP contribution in [-0.2, 0) is 15.7 Å². The van der Waals surface area contributed by atoms with Crippen LogP contribution < -0.4 is 5.32 Å². The zero-order valence-electron chi connectivity index (χ0n) is 16.1. The molecule has 0 bridgehead atoms. The number of fused-ring (bicyclic) bond motifs is 1. The van der Waals surface area contributed by atoms with E-state index in [2.05, 4.69) is 17.2 Å². The van der Waals surface area contributed by atoms with Gasteiger partial charge < -0.3 is 19.9 Å². The zero-order valence-corrected chi connectivity index (χ0v) is 16.9. The van der Waals surface area contributed by atoms with Gasteiger partial charge in [-0.1, -0.05) is 23.4 Å². The maximum absolute atomic E-state index is 14.0. The molecule has 6 nitrogen and oxygen atoms in total. The van der Waals surface area contributed by atoms with Crippen molar-refractivity contribution >= 4 is 23.5 Å². The first-order valence-corrected chi connectivity index (χ1v) is 10.0. The molecule has 4 rings (SSSR count). The van der Waals surface area contributed by atoms with E-state index in [4.69, 9.17) is 16.3 Å². The van der Waals surface area contributed by atoms with E-state index in [9.17, 15) is 27.2 Å². The average Bonchev–Trinajstić information content (AvgIpc) is 2.66. The van der Waals surface area contributed by atoms with Gasteiger partial charge in [0.1, 0.15) is 12.4 Å². The third-order valence-corrected chi connectivity index (χ3v) is 5.82. The fraction of sp³-hybridized carbons (Fsp3) is 0.500. The Labute approximate surface area is 180 Å². The molecule has 0 saturated carbocycles. The molecule has 1 N–H and O–H groups in total. The number of amides is 3. The third-order valence-electron chi connectivity index (χ3n) is 5.52. The van der Waals surface area contributed by atoms with E-state index in [0.29, 0.717) is 44.7 Å². The summed E-state index contributed by atoms with van der Waals surface area (Å²) in [5, 5.41) is 2.42. The number of urea groups is 1. The molecule has 3 saturated heterocycles. The van der Waals surface area contributed by atoms with E-state index < -0.39 is 22.6 Å². The van der Waals surface area contributed by atoms with Crippen LogP contribution in [0.4, 0.5) is 22.4 Å². The molecular formula is C20H18ClF4N3O3. The van der Waals surface area contributed by atoms with Gasteiger partial charge in [-0.3, -0.25) is 4.79 Å². The highest BCUT2D eigenvalue weighted by Gasteiger charge is 2.39. The standard InChI is InChI=1S/C20H18ClF4N3O3/c21-14-5-12(20(23,24)25)6-15(22)13(14)2-1-11-7-28(8-11)19(30)27-4-3-17-16(9-27)26-18(29)10-31-17/h5-6,11,16-17H,3-4,7-10H2,(H,26,29)/t16-,17?/m1/s1. The molecule has 31 heavy (non-hydrogen) atoms. The Kier molecular flexibility index (Phi) is 5.75. The van der Waals surface area contributed by atoms with Gasteiger partial charge in [-0.15, -0.1) is 0 Å². The van der Waals surface area contributed by atoms with Gasteiger partial charge >= 0.3 is 12.2 Å². The lowest BCUT2D eigenvalue weighted by molar-refractivity contribution is -0.140. The minimum absolute atomic E-state index is 0.0329. The maximum atomic E-state index is 14.0. The predicted octanol–water partition coefficient (Wildman–Crippen LogP) is 2.49. The highest BCUT2D eigenvalue weighted by molar-refractivity contribution is 6.31. The van der Waals surface area contributed by atoms with Gasteiger partial charge in [0.05, 0.1) is 34.2 Å². The molecule has 3 aliphatic rings. The summed E-state index contributed by atoms with van der Waals surface area (Å²) < 4.78 is 57.6. The number of likely N-dealkylation sites (tertiary alicyclic amines) is 2. The van der Waals surface area contributed by atoms with Crippen LogP contribution in [0.25, 0.3) is 0 Å². The maximum Gasteiger partial charge on any atom is 0.416 e. The van der Waals surface area contributed by atoms with Crippen LogP contribution in [-0.4, -0.2) is 66.7 Å². The second kappa shape index (κ2) is 8.20. The highest BCUT2D eigenvalue weighted by Crippen LogP contribution is 2.33. The monoisotopic (exact) mass is 459 g/mol. The second-order valence-corrected chi connectivity index (χ2v) is 8.13. The fourth-order valence-corrected chi connectivity index (χ4v) is 4.09. The molecule has 2 atom stereocenters. The van der Waals surface area contributed by atoms with Gasteiger partial charge in [-0.2, -0.15) is 13.2 Å². The van der Waals surface area contributed by atoms with E-state index in [0.717, 1.165) is 0 Å². The van der Waals surface area contributed by atoms with Gasteiger partial charge in [0.2, 0.25) is 5.91 Å². The lowest BCUT2D eigenvalue weighted by Gasteiger charge is -2.45. The molecule has 0 radical (unpaired) electrons. The summed E-state index contributed by atoms with van der Waals surface area (Å²) in [5.74, 6) is 3.69. The van der Waals surface area contributed by atoms with E-state index in [1.165, 1.54) is 0 Å². The van der Waals surface area contributed by atoms with E-state index in [1.54, 1.807) is 9.80 Å². The Hall–Kier alpha value is -2.51. The van der Waals surface area contributed by atoms with Crippen LogP contribution in [0.2, 0.25) is 5.02 Å². The second-order valence-electron chi connectivity index (χ2n) is 7.72. The minimum Gasteiger partial charge on any atom is -0.366 e. The largest absolute Gasteiger partial charge is 0.416 e. The lowest BCUT2D eigenvalue weighted by Crippen LogP contribution is -2.64. The summed E-state index contributed by atoms with van der Waals surface area (Å²) in [6.07, 6.45) is -4.17. The Morgan fingerprint density at radius 1 is 1.23 bits per heavy atom. The van der Waals surface area contributed by atoms with Crippen molar-refractivity contribution in [2.24, 2.45) is 5.92 Å². The SMILES string of the molecule is O=C1COC2CCN(C(=O)N3CC(C#Cc4c(F)cc(C(F)(F)F)cc4Cl)C3)C[C@H]2N1. The predicted molar refractivity (Wildman–Crippen MR) is 102 cm³/mol. The molecule has 11 heteroatoms. The number of alkyl halides is 3. The van der Waals surface area contributed by atoms with E-state index in [-0.39, 0.29) is 42.2 Å². The van der Waals surface area contributed by atoms with Crippen molar-refractivity contribution < 1.29 is 31.9 Å². The van der Waals surface area contributed by atoms with Gasteiger partial charge in [-0.25, -0.2) is 9.18 Å². The van der Waals surface area contributed by atoms with Gasteiger partial charge in [0, 0.05) is 26.2 Å². The Bertz CT molecular complexity index is 946. The number of hydrogen-bond acceptors (Lipinski definition) is 3. The first kappa shape index (κ1) is 21.7. The Balaban J connectivity index is 1.34. The van der Waals surface area contributed by atoms with E-state index in [1.807, 2.05) is 0 Å². The molecule has 1 aromatic carbocycles. The summed E-state index contributed by atoms with van der Waals surface area (Å²) in [5.41, 5.74) is -1.47. The molecule has 3 heterocycles. The quantitative estimate of drug-likeness (QED) is 0.479. The van der Waals surface area contributed by atoms with Crippen LogP contribution in [0.15, 0.2) is 12.1 Å². The van der Waals surface area contributed by atoms with Crippen molar-refractivity contribution in [2.45, 2.75) is 24.7 Å². The number of rotatable bonds is 0. The van der Waals surface area contributed by atoms with Crippen molar-refractivity contribution in [1.29, 1.82) is 0 Å². The normalized spacial score (nSPS) is 24.0. The van der Waals surface area contributed by atoms with Crippen molar-refractivity contribution in [3.8, 4) is 11.8 Å². The van der Waals surface area contributed by atoms with Crippen molar-refractivity contribution in [3.63, 3.8) is 0 Å². The first-order valence-electron chi connectivity index (χ1n) is 9.64. The number of carbonyl (C=O) groups excluding carboxylic acids is 2. The number of hydrogen-bond donors (Lipinski definition) is 1. The number of ether oxygens (including phenoxy) is 1. The van der Waals surface area contributed by atoms with Crippen molar-refractivity contribution in [3.05, 3.63) is 34.1 Å². The summed E-state index contributed by atoms with van der Waals surface area (Å²) in [6, 6.07) is 0.586. The molecule has 0 spiro atoms. The summed E-state index contributed by atoms with van der Waals surface area (Å²) in [7, 11) is 0. The van der Waals surface area contributed by atoms with Crippen LogP contribution in [0.5, 0.6) is 0 Å². The lowest BCUT2D eigenvalue weighted by atomic mass is 9.98. The fourth-order valence-electron chi connectivity index (χ4n) is 3.83. The molecular weight excluding hydrogens is 442 g/mol. The molecule has 0 aliphatic carbocycles.